The van der Waals surface area contributed by atoms with Gasteiger partial charge >= 0.3 is 0 Å². The van der Waals surface area contributed by atoms with Crippen molar-refractivity contribution in [3.05, 3.63) is 41.5 Å². The zero-order valence-corrected chi connectivity index (χ0v) is 11.3. The van der Waals surface area contributed by atoms with E-state index in [4.69, 9.17) is 4.43 Å². The van der Waals surface area contributed by atoms with E-state index in [2.05, 4.69) is 58.3 Å². The fourth-order valence-electron chi connectivity index (χ4n) is 1.55. The third-order valence-corrected chi connectivity index (χ3v) is 2.97. The number of rotatable bonds is 3. The minimum atomic E-state index is -1.54. The highest BCUT2D eigenvalue weighted by Crippen LogP contribution is 2.22. The normalized spacial score (nSPS) is 11.3. The van der Waals surface area contributed by atoms with E-state index in [0.29, 0.717) is 0 Å². The summed E-state index contributed by atoms with van der Waals surface area (Å²) >= 11 is 0. The van der Waals surface area contributed by atoms with Gasteiger partial charge in [0.15, 0.2) is 0 Å². The van der Waals surface area contributed by atoms with Crippen molar-refractivity contribution in [1.82, 2.24) is 0 Å². The van der Waals surface area contributed by atoms with Crippen molar-refractivity contribution in [3.63, 3.8) is 0 Å². The van der Waals surface area contributed by atoms with Crippen molar-refractivity contribution in [3.8, 4) is 0 Å². The van der Waals surface area contributed by atoms with Crippen LogP contribution in [0.4, 0.5) is 0 Å². The van der Waals surface area contributed by atoms with Crippen LogP contribution in [0.5, 0.6) is 0 Å². The van der Waals surface area contributed by atoms with Crippen molar-refractivity contribution >= 4 is 14.1 Å². The molecule has 0 aliphatic carbocycles. The molecule has 0 spiro atoms. The second-order valence-corrected chi connectivity index (χ2v) is 9.38. The summed E-state index contributed by atoms with van der Waals surface area (Å²) in [6.45, 7) is 14.7. The van der Waals surface area contributed by atoms with Crippen LogP contribution >= 0.6 is 0 Å². The van der Waals surface area contributed by atoms with Crippen LogP contribution in [0.3, 0.4) is 0 Å². The Labute approximate surface area is 93.9 Å². The zero-order chi connectivity index (χ0) is 11.6. The Morgan fingerprint density at radius 2 is 1.80 bits per heavy atom. The van der Waals surface area contributed by atoms with Gasteiger partial charge in [-0.15, -0.1) is 0 Å². The first-order valence-corrected chi connectivity index (χ1v) is 8.66. The van der Waals surface area contributed by atoms with Crippen LogP contribution in [0.2, 0.25) is 19.6 Å². The molecule has 1 aromatic rings. The van der Waals surface area contributed by atoms with Gasteiger partial charge in [-0.25, -0.2) is 0 Å². The van der Waals surface area contributed by atoms with Gasteiger partial charge in [-0.2, -0.15) is 0 Å². The first-order chi connectivity index (χ1) is 6.79. The summed E-state index contributed by atoms with van der Waals surface area (Å²) in [5.74, 6) is 0.812. The molecule has 0 aliphatic rings. The molecule has 0 unspecified atom stereocenters. The third-order valence-electron chi connectivity index (χ3n) is 2.11. The molecule has 0 N–H and O–H groups in total. The molecule has 0 fully saturated rings. The summed E-state index contributed by atoms with van der Waals surface area (Å²) in [7, 11) is -1.54. The predicted molar refractivity (Wildman–Crippen MR) is 69.4 cm³/mol. The molecule has 15 heavy (non-hydrogen) atoms. The van der Waals surface area contributed by atoms with Crippen molar-refractivity contribution in [2.24, 2.45) is 0 Å². The second-order valence-electron chi connectivity index (χ2n) is 4.96. The van der Waals surface area contributed by atoms with E-state index in [1.165, 1.54) is 11.1 Å². The molecule has 0 aromatic heterocycles. The molecular weight excluding hydrogens is 200 g/mol. The molecule has 0 saturated heterocycles. The van der Waals surface area contributed by atoms with Crippen molar-refractivity contribution in [2.75, 3.05) is 0 Å². The maximum absolute atomic E-state index is 5.89. The summed E-state index contributed by atoms with van der Waals surface area (Å²) in [5, 5.41) is 0. The summed E-state index contributed by atoms with van der Waals surface area (Å²) < 4.78 is 5.89. The Kier molecular flexibility index (Phi) is 3.40. The van der Waals surface area contributed by atoms with Crippen LogP contribution in [-0.4, -0.2) is 8.32 Å². The van der Waals surface area contributed by atoms with Crippen LogP contribution < -0.4 is 0 Å². The van der Waals surface area contributed by atoms with Crippen LogP contribution in [0.1, 0.15) is 16.7 Å². The first kappa shape index (κ1) is 12.0. The molecule has 0 saturated carbocycles. The van der Waals surface area contributed by atoms with Gasteiger partial charge in [-0.1, -0.05) is 30.3 Å². The Morgan fingerprint density at radius 1 is 1.20 bits per heavy atom. The molecule has 1 aromatic carbocycles. The molecule has 82 valence electrons. The molecule has 1 rings (SSSR count). The van der Waals surface area contributed by atoms with Gasteiger partial charge in [-0.3, -0.25) is 0 Å². The first-order valence-electron chi connectivity index (χ1n) is 5.25. The number of hydrogen-bond donors (Lipinski definition) is 0. The highest BCUT2D eigenvalue weighted by Gasteiger charge is 2.18. The molecule has 0 radical (unpaired) electrons. The van der Waals surface area contributed by atoms with E-state index in [-0.39, 0.29) is 0 Å². The summed E-state index contributed by atoms with van der Waals surface area (Å²) in [6.07, 6.45) is 0. The lowest BCUT2D eigenvalue weighted by Gasteiger charge is -2.22. The predicted octanol–water partition coefficient (Wildman–Crippen LogP) is 4.13. The van der Waals surface area contributed by atoms with Gasteiger partial charge in [0, 0.05) is 5.56 Å². The average Bonchev–Trinajstić information content (AvgIpc) is 1.99. The fourth-order valence-corrected chi connectivity index (χ4v) is 2.40. The Bertz CT molecular complexity index is 375. The highest BCUT2D eigenvalue weighted by atomic mass is 28.4. The van der Waals surface area contributed by atoms with E-state index in [1.807, 2.05) is 0 Å². The largest absolute Gasteiger partial charge is 0.544 e. The molecule has 0 bridgehead atoms. The van der Waals surface area contributed by atoms with Crippen LogP contribution in [-0.2, 0) is 4.43 Å². The zero-order valence-electron chi connectivity index (χ0n) is 10.3. The van der Waals surface area contributed by atoms with E-state index < -0.39 is 8.32 Å². The second kappa shape index (κ2) is 4.23. The molecule has 0 amide bonds. The number of benzene rings is 1. The smallest absolute Gasteiger partial charge is 0.242 e. The quantitative estimate of drug-likeness (QED) is 0.550. The third kappa shape index (κ3) is 3.55. The van der Waals surface area contributed by atoms with E-state index in [9.17, 15) is 0 Å². The van der Waals surface area contributed by atoms with Crippen molar-refractivity contribution in [2.45, 2.75) is 33.5 Å². The van der Waals surface area contributed by atoms with Crippen molar-refractivity contribution in [1.29, 1.82) is 0 Å². The van der Waals surface area contributed by atoms with Gasteiger partial charge in [-0.05, 0) is 39.1 Å². The summed E-state index contributed by atoms with van der Waals surface area (Å²) in [5.41, 5.74) is 3.64. The van der Waals surface area contributed by atoms with Gasteiger partial charge in [0.2, 0.25) is 8.32 Å². The van der Waals surface area contributed by atoms with Gasteiger partial charge in [0.1, 0.15) is 5.76 Å². The lowest BCUT2D eigenvalue weighted by atomic mass is 10.1. The fraction of sp³-hybridized carbons (Fsp3) is 0.385. The maximum Gasteiger partial charge on any atom is 0.242 e. The molecule has 2 heteroatoms. The van der Waals surface area contributed by atoms with E-state index in [0.717, 1.165) is 11.3 Å². The summed E-state index contributed by atoms with van der Waals surface area (Å²) in [6, 6.07) is 6.35. The Balaban J connectivity index is 2.92. The van der Waals surface area contributed by atoms with E-state index >= 15 is 0 Å². The van der Waals surface area contributed by atoms with Gasteiger partial charge < -0.3 is 4.43 Å². The summed E-state index contributed by atoms with van der Waals surface area (Å²) in [4.78, 5) is 0. The molecule has 0 heterocycles. The molecular formula is C13H20OSi. The monoisotopic (exact) mass is 220 g/mol. The minimum absolute atomic E-state index is 0.812. The Morgan fingerprint density at radius 3 is 2.27 bits per heavy atom. The highest BCUT2D eigenvalue weighted by molar-refractivity contribution is 6.70. The number of hydrogen-bond acceptors (Lipinski definition) is 1. The topological polar surface area (TPSA) is 9.23 Å². The van der Waals surface area contributed by atoms with Gasteiger partial charge in [0.05, 0.1) is 0 Å². The SMILES string of the molecule is C=C(O[Si](C)(C)C)c1ccc(C)cc1C. The molecule has 0 aliphatic heterocycles. The standard InChI is InChI=1S/C13H20OSi/c1-10-7-8-13(11(2)9-10)12(3)14-15(4,5)6/h7-9H,3H2,1-2,4-6H3. The maximum atomic E-state index is 5.89. The van der Waals surface area contributed by atoms with Gasteiger partial charge in [0.25, 0.3) is 0 Å². The van der Waals surface area contributed by atoms with Crippen molar-refractivity contribution < 1.29 is 4.43 Å². The van der Waals surface area contributed by atoms with E-state index in [1.54, 1.807) is 0 Å². The number of aryl methyl sites for hydroxylation is 2. The lowest BCUT2D eigenvalue weighted by Crippen LogP contribution is -2.24. The molecule has 0 atom stereocenters. The Hall–Kier alpha value is -1.02. The lowest BCUT2D eigenvalue weighted by molar-refractivity contribution is 0.516. The van der Waals surface area contributed by atoms with Crippen LogP contribution in [0.15, 0.2) is 24.8 Å². The van der Waals surface area contributed by atoms with Crippen LogP contribution in [0.25, 0.3) is 5.76 Å². The molecule has 1 nitrogen and oxygen atoms in total. The average molecular weight is 220 g/mol. The minimum Gasteiger partial charge on any atom is -0.544 e. The van der Waals surface area contributed by atoms with Crippen LogP contribution in [0, 0.1) is 13.8 Å².